The average Bonchev–Trinajstić information content (AvgIpc) is 2.86. The van der Waals surface area contributed by atoms with E-state index in [4.69, 9.17) is 9.84 Å². The van der Waals surface area contributed by atoms with Crippen LogP contribution >= 0.6 is 23.1 Å². The number of benzene rings is 1. The van der Waals surface area contributed by atoms with Crippen molar-refractivity contribution in [3.8, 4) is 5.75 Å². The third-order valence-corrected chi connectivity index (χ3v) is 4.53. The monoisotopic (exact) mass is 298 g/mol. The molecule has 0 saturated heterocycles. The first-order chi connectivity index (χ1) is 9.10. The lowest BCUT2D eigenvalue weighted by atomic mass is 10.2. The van der Waals surface area contributed by atoms with Crippen molar-refractivity contribution < 1.29 is 19.0 Å². The second-order valence-corrected chi connectivity index (χ2v) is 5.66. The molecule has 2 aromatic rings. The molecule has 0 bridgehead atoms. The standard InChI is InChI=1S/C13H11FO3S2/c1-17-9-3-2-8(11(14)4-9)6-18-10-5-12(13(15)16)19-7-10/h2-5,7H,6H2,1H3,(H,15,16). The van der Waals surface area contributed by atoms with Crippen molar-refractivity contribution in [1.29, 1.82) is 0 Å². The molecule has 1 aromatic heterocycles. The Morgan fingerprint density at radius 2 is 2.26 bits per heavy atom. The Kier molecular flexibility index (Phi) is 4.44. The van der Waals surface area contributed by atoms with E-state index in [0.29, 0.717) is 17.1 Å². The molecule has 0 amide bonds. The summed E-state index contributed by atoms with van der Waals surface area (Å²) in [5.74, 6) is -0.325. The van der Waals surface area contributed by atoms with Crippen LogP contribution in [0, 0.1) is 5.82 Å². The summed E-state index contributed by atoms with van der Waals surface area (Å²) in [5, 5.41) is 10.6. The molecule has 0 saturated carbocycles. The van der Waals surface area contributed by atoms with Crippen LogP contribution in [0.2, 0.25) is 0 Å². The van der Waals surface area contributed by atoms with Crippen molar-refractivity contribution in [3.05, 3.63) is 45.9 Å². The number of methoxy groups -OCH3 is 1. The van der Waals surface area contributed by atoms with Gasteiger partial charge in [-0.05, 0) is 17.7 Å². The molecule has 0 atom stereocenters. The Bertz CT molecular complexity index is 595. The minimum atomic E-state index is -0.938. The van der Waals surface area contributed by atoms with Gasteiger partial charge >= 0.3 is 5.97 Å². The number of thioether (sulfide) groups is 1. The zero-order valence-electron chi connectivity index (χ0n) is 10.1. The lowest BCUT2D eigenvalue weighted by Crippen LogP contribution is -1.91. The molecule has 0 aliphatic carbocycles. The number of carboxylic acid groups (broad SMARTS) is 1. The van der Waals surface area contributed by atoms with Gasteiger partial charge in [-0.2, -0.15) is 0 Å². The van der Waals surface area contributed by atoms with Gasteiger partial charge in [0.25, 0.3) is 0 Å². The summed E-state index contributed by atoms with van der Waals surface area (Å²) in [6.07, 6.45) is 0. The number of carboxylic acids is 1. The van der Waals surface area contributed by atoms with Crippen LogP contribution < -0.4 is 4.74 Å². The second-order valence-electron chi connectivity index (χ2n) is 3.70. The maximum atomic E-state index is 13.7. The van der Waals surface area contributed by atoms with E-state index >= 15 is 0 Å². The van der Waals surface area contributed by atoms with E-state index in [9.17, 15) is 9.18 Å². The molecule has 6 heteroatoms. The maximum Gasteiger partial charge on any atom is 0.345 e. The number of thiophene rings is 1. The van der Waals surface area contributed by atoms with Gasteiger partial charge in [-0.15, -0.1) is 23.1 Å². The van der Waals surface area contributed by atoms with Gasteiger partial charge in [-0.1, -0.05) is 6.07 Å². The van der Waals surface area contributed by atoms with Crippen LogP contribution in [-0.2, 0) is 5.75 Å². The highest BCUT2D eigenvalue weighted by atomic mass is 32.2. The van der Waals surface area contributed by atoms with Crippen LogP contribution in [-0.4, -0.2) is 18.2 Å². The van der Waals surface area contributed by atoms with E-state index in [1.54, 1.807) is 23.6 Å². The molecular formula is C13H11FO3S2. The van der Waals surface area contributed by atoms with E-state index in [0.717, 1.165) is 4.90 Å². The summed E-state index contributed by atoms with van der Waals surface area (Å²) in [6, 6.07) is 6.31. The lowest BCUT2D eigenvalue weighted by molar-refractivity contribution is 0.0702. The predicted molar refractivity (Wildman–Crippen MR) is 73.8 cm³/mol. The number of rotatable bonds is 5. The molecule has 100 valence electrons. The summed E-state index contributed by atoms with van der Waals surface area (Å²) in [6.45, 7) is 0. The van der Waals surface area contributed by atoms with Crippen LogP contribution in [0.25, 0.3) is 0 Å². The van der Waals surface area contributed by atoms with E-state index < -0.39 is 5.97 Å². The Labute approximate surface area is 118 Å². The highest BCUT2D eigenvalue weighted by Gasteiger charge is 2.09. The quantitative estimate of drug-likeness (QED) is 0.851. The Morgan fingerprint density at radius 3 is 2.84 bits per heavy atom. The molecule has 1 aromatic carbocycles. The number of carbonyl (C=O) groups is 1. The zero-order chi connectivity index (χ0) is 13.8. The lowest BCUT2D eigenvalue weighted by Gasteiger charge is -2.04. The summed E-state index contributed by atoms with van der Waals surface area (Å²) in [4.78, 5) is 11.9. The van der Waals surface area contributed by atoms with Gasteiger partial charge in [0.2, 0.25) is 0 Å². The molecule has 0 radical (unpaired) electrons. The third kappa shape index (κ3) is 3.48. The number of aromatic carboxylic acids is 1. The van der Waals surface area contributed by atoms with E-state index in [-0.39, 0.29) is 10.7 Å². The van der Waals surface area contributed by atoms with Gasteiger partial charge in [0, 0.05) is 22.1 Å². The van der Waals surface area contributed by atoms with Crippen LogP contribution in [0.15, 0.2) is 34.5 Å². The summed E-state index contributed by atoms with van der Waals surface area (Å²) < 4.78 is 18.6. The first-order valence-corrected chi connectivity index (χ1v) is 7.23. The fraction of sp³-hybridized carbons (Fsp3) is 0.154. The number of hydrogen-bond donors (Lipinski definition) is 1. The first-order valence-electron chi connectivity index (χ1n) is 5.37. The van der Waals surface area contributed by atoms with Crippen molar-refractivity contribution in [2.24, 2.45) is 0 Å². The van der Waals surface area contributed by atoms with Crippen LogP contribution in [0.1, 0.15) is 15.2 Å². The normalized spacial score (nSPS) is 10.4. The van der Waals surface area contributed by atoms with Gasteiger partial charge in [0.1, 0.15) is 16.4 Å². The topological polar surface area (TPSA) is 46.5 Å². The minimum Gasteiger partial charge on any atom is -0.497 e. The van der Waals surface area contributed by atoms with E-state index in [1.807, 2.05) is 0 Å². The minimum absolute atomic E-state index is 0.290. The molecule has 2 rings (SSSR count). The number of hydrogen-bond acceptors (Lipinski definition) is 4. The summed E-state index contributed by atoms with van der Waals surface area (Å²) in [5.41, 5.74) is 0.564. The van der Waals surface area contributed by atoms with Gasteiger partial charge in [0.15, 0.2) is 0 Å². The van der Waals surface area contributed by atoms with Crippen molar-refractivity contribution in [2.45, 2.75) is 10.6 Å². The highest BCUT2D eigenvalue weighted by Crippen LogP contribution is 2.29. The molecule has 1 heterocycles. The van der Waals surface area contributed by atoms with E-state index in [2.05, 4.69) is 0 Å². The van der Waals surface area contributed by atoms with Crippen molar-refractivity contribution in [2.75, 3.05) is 7.11 Å². The summed E-state index contributed by atoms with van der Waals surface area (Å²) in [7, 11) is 1.49. The van der Waals surface area contributed by atoms with Crippen molar-refractivity contribution in [3.63, 3.8) is 0 Å². The molecule has 0 aliphatic rings. The third-order valence-electron chi connectivity index (χ3n) is 2.44. The average molecular weight is 298 g/mol. The fourth-order valence-electron chi connectivity index (χ4n) is 1.44. The molecule has 1 N–H and O–H groups in total. The molecule has 3 nitrogen and oxygen atoms in total. The van der Waals surface area contributed by atoms with Crippen LogP contribution in [0.5, 0.6) is 5.75 Å². The van der Waals surface area contributed by atoms with Gasteiger partial charge in [0.05, 0.1) is 7.11 Å². The maximum absolute atomic E-state index is 13.7. The number of halogens is 1. The second kappa shape index (κ2) is 6.08. The Balaban J connectivity index is 2.03. The van der Waals surface area contributed by atoms with Gasteiger partial charge in [-0.3, -0.25) is 0 Å². The molecule has 0 unspecified atom stereocenters. The van der Waals surface area contributed by atoms with Crippen LogP contribution in [0.4, 0.5) is 4.39 Å². The predicted octanol–water partition coefficient (Wildman–Crippen LogP) is 3.89. The van der Waals surface area contributed by atoms with Gasteiger partial charge < -0.3 is 9.84 Å². The van der Waals surface area contributed by atoms with Gasteiger partial charge in [-0.25, -0.2) is 9.18 Å². The largest absolute Gasteiger partial charge is 0.497 e. The first kappa shape index (κ1) is 13.9. The zero-order valence-corrected chi connectivity index (χ0v) is 11.7. The van der Waals surface area contributed by atoms with Crippen molar-refractivity contribution >= 4 is 29.1 Å². The molecule has 0 spiro atoms. The molecular weight excluding hydrogens is 287 g/mol. The highest BCUT2D eigenvalue weighted by molar-refractivity contribution is 7.98. The molecule has 19 heavy (non-hydrogen) atoms. The number of ether oxygens (including phenoxy) is 1. The van der Waals surface area contributed by atoms with Crippen molar-refractivity contribution in [1.82, 2.24) is 0 Å². The smallest absolute Gasteiger partial charge is 0.345 e. The Hall–Kier alpha value is -1.53. The fourth-order valence-corrected chi connectivity index (χ4v) is 3.30. The van der Waals surface area contributed by atoms with E-state index in [1.165, 1.54) is 36.3 Å². The van der Waals surface area contributed by atoms with Crippen LogP contribution in [0.3, 0.4) is 0 Å². The molecule has 0 fully saturated rings. The summed E-state index contributed by atoms with van der Waals surface area (Å²) >= 11 is 2.57. The molecule has 0 aliphatic heterocycles. The Morgan fingerprint density at radius 1 is 1.47 bits per heavy atom. The SMILES string of the molecule is COc1ccc(CSc2csc(C(=O)O)c2)c(F)c1.